The zero-order chi connectivity index (χ0) is 15.5. The average Bonchev–Trinajstić information content (AvgIpc) is 2.94. The number of sulfone groups is 1. The Labute approximate surface area is 125 Å². The first-order valence-corrected chi connectivity index (χ1v) is 8.89. The number of rotatable bonds is 6. The third-order valence-corrected chi connectivity index (χ3v) is 5.92. The molecule has 1 aromatic carbocycles. The van der Waals surface area contributed by atoms with Crippen molar-refractivity contribution in [2.24, 2.45) is 11.8 Å². The second kappa shape index (κ2) is 6.47. The molecule has 0 amide bonds. The molecular weight excluding hydrogens is 290 g/mol. The van der Waals surface area contributed by atoms with Gasteiger partial charge in [0.05, 0.1) is 22.3 Å². The lowest BCUT2D eigenvalue weighted by atomic mass is 9.96. The van der Waals surface area contributed by atoms with Crippen molar-refractivity contribution in [3.05, 3.63) is 24.3 Å². The van der Waals surface area contributed by atoms with E-state index in [2.05, 4.69) is 5.32 Å². The van der Waals surface area contributed by atoms with Crippen LogP contribution in [0.15, 0.2) is 29.2 Å². The van der Waals surface area contributed by atoms with Gasteiger partial charge in [0.25, 0.3) is 0 Å². The number of aliphatic carboxylic acids is 1. The van der Waals surface area contributed by atoms with Crippen LogP contribution in [0.25, 0.3) is 0 Å². The van der Waals surface area contributed by atoms with Gasteiger partial charge in [-0.25, -0.2) is 8.42 Å². The van der Waals surface area contributed by atoms with Crippen molar-refractivity contribution >= 4 is 21.5 Å². The summed E-state index contributed by atoms with van der Waals surface area (Å²) in [6.45, 7) is 2.11. The van der Waals surface area contributed by atoms with Crippen molar-refractivity contribution in [3.8, 4) is 0 Å². The van der Waals surface area contributed by atoms with E-state index < -0.39 is 15.8 Å². The number of carboxylic acids is 1. The van der Waals surface area contributed by atoms with Gasteiger partial charge in [0, 0.05) is 6.54 Å². The monoisotopic (exact) mass is 311 g/mol. The summed E-state index contributed by atoms with van der Waals surface area (Å²) in [5, 5.41) is 12.3. The van der Waals surface area contributed by atoms with Crippen LogP contribution in [0.5, 0.6) is 0 Å². The molecular formula is C15H21NO4S. The topological polar surface area (TPSA) is 83.5 Å². The number of nitrogens with one attached hydrogen (secondary N) is 1. The summed E-state index contributed by atoms with van der Waals surface area (Å²) in [7, 11) is -3.28. The molecule has 0 aromatic heterocycles. The molecule has 0 heterocycles. The third-order valence-electron chi connectivity index (χ3n) is 4.13. The molecule has 1 aliphatic rings. The second-order valence-corrected chi connectivity index (χ2v) is 7.66. The molecule has 2 unspecified atom stereocenters. The lowest BCUT2D eigenvalue weighted by Crippen LogP contribution is -2.25. The Morgan fingerprint density at radius 2 is 2.05 bits per heavy atom. The van der Waals surface area contributed by atoms with Gasteiger partial charge in [0.15, 0.2) is 9.84 Å². The van der Waals surface area contributed by atoms with Gasteiger partial charge in [-0.1, -0.05) is 25.5 Å². The fourth-order valence-corrected chi connectivity index (χ4v) is 3.96. The van der Waals surface area contributed by atoms with E-state index in [1.54, 1.807) is 31.2 Å². The molecule has 1 fully saturated rings. The first-order chi connectivity index (χ1) is 9.95. The largest absolute Gasteiger partial charge is 0.481 e. The predicted octanol–water partition coefficient (Wildman–Crippen LogP) is 2.39. The first-order valence-electron chi connectivity index (χ1n) is 7.24. The average molecular weight is 311 g/mol. The first kappa shape index (κ1) is 15.8. The fraction of sp³-hybridized carbons (Fsp3) is 0.533. The van der Waals surface area contributed by atoms with Crippen LogP contribution in [0, 0.1) is 11.8 Å². The summed E-state index contributed by atoms with van der Waals surface area (Å²) in [4.78, 5) is 11.5. The molecule has 1 aliphatic carbocycles. The summed E-state index contributed by atoms with van der Waals surface area (Å²) in [5.41, 5.74) is 0.565. The quantitative estimate of drug-likeness (QED) is 0.843. The molecule has 2 rings (SSSR count). The van der Waals surface area contributed by atoms with E-state index in [-0.39, 0.29) is 22.5 Å². The van der Waals surface area contributed by atoms with E-state index in [0.717, 1.165) is 12.8 Å². The number of anilines is 1. The van der Waals surface area contributed by atoms with Crippen molar-refractivity contribution < 1.29 is 18.3 Å². The van der Waals surface area contributed by atoms with E-state index in [9.17, 15) is 18.3 Å². The zero-order valence-corrected chi connectivity index (χ0v) is 12.9. The van der Waals surface area contributed by atoms with E-state index in [0.29, 0.717) is 18.7 Å². The summed E-state index contributed by atoms with van der Waals surface area (Å²) in [5.74, 6) is -0.978. The number of hydrogen-bond donors (Lipinski definition) is 2. The van der Waals surface area contributed by atoms with Gasteiger partial charge in [0.2, 0.25) is 0 Å². The van der Waals surface area contributed by atoms with Crippen LogP contribution in [0.4, 0.5) is 5.69 Å². The molecule has 1 aromatic rings. The van der Waals surface area contributed by atoms with Crippen molar-refractivity contribution in [1.82, 2.24) is 0 Å². The maximum atomic E-state index is 12.1. The van der Waals surface area contributed by atoms with Crippen LogP contribution in [-0.4, -0.2) is 31.8 Å². The minimum Gasteiger partial charge on any atom is -0.481 e. The molecule has 0 radical (unpaired) electrons. The van der Waals surface area contributed by atoms with Crippen LogP contribution in [0.3, 0.4) is 0 Å². The van der Waals surface area contributed by atoms with Gasteiger partial charge in [0.1, 0.15) is 0 Å². The molecule has 1 saturated carbocycles. The van der Waals surface area contributed by atoms with Crippen molar-refractivity contribution in [2.75, 3.05) is 17.6 Å². The molecule has 0 aliphatic heterocycles. The number of benzene rings is 1. The maximum absolute atomic E-state index is 12.1. The molecule has 21 heavy (non-hydrogen) atoms. The Balaban J connectivity index is 2.12. The second-order valence-electron chi connectivity index (χ2n) is 5.42. The highest BCUT2D eigenvalue weighted by molar-refractivity contribution is 7.91. The Morgan fingerprint density at radius 1 is 1.33 bits per heavy atom. The zero-order valence-electron chi connectivity index (χ0n) is 12.1. The molecule has 0 spiro atoms. The van der Waals surface area contributed by atoms with Crippen LogP contribution < -0.4 is 5.32 Å². The van der Waals surface area contributed by atoms with Crippen LogP contribution in [-0.2, 0) is 14.6 Å². The standard InChI is InChI=1S/C15H21NO4S/c1-2-21(19,20)14-9-4-3-8-13(14)16-10-11-6-5-7-12(11)15(17)18/h3-4,8-9,11-12,16H,2,5-7,10H2,1H3,(H,17,18). The highest BCUT2D eigenvalue weighted by atomic mass is 32.2. The Hall–Kier alpha value is -1.56. The van der Waals surface area contributed by atoms with Gasteiger partial charge in [-0.05, 0) is 30.9 Å². The van der Waals surface area contributed by atoms with Gasteiger partial charge in [-0.15, -0.1) is 0 Å². The molecule has 0 saturated heterocycles. The number of hydrogen-bond acceptors (Lipinski definition) is 4. The van der Waals surface area contributed by atoms with Crippen LogP contribution >= 0.6 is 0 Å². The molecule has 5 nitrogen and oxygen atoms in total. The molecule has 2 atom stereocenters. The Kier molecular flexibility index (Phi) is 4.88. The van der Waals surface area contributed by atoms with Crippen molar-refractivity contribution in [3.63, 3.8) is 0 Å². The number of para-hydroxylation sites is 1. The van der Waals surface area contributed by atoms with Gasteiger partial charge < -0.3 is 10.4 Å². The van der Waals surface area contributed by atoms with E-state index in [4.69, 9.17) is 0 Å². The molecule has 6 heteroatoms. The van der Waals surface area contributed by atoms with Gasteiger partial charge in [-0.2, -0.15) is 0 Å². The van der Waals surface area contributed by atoms with E-state index in [1.807, 2.05) is 0 Å². The Morgan fingerprint density at radius 3 is 2.71 bits per heavy atom. The highest BCUT2D eigenvalue weighted by Crippen LogP contribution is 2.32. The Bertz CT molecular complexity index is 612. The molecule has 0 bridgehead atoms. The summed E-state index contributed by atoms with van der Waals surface area (Å²) in [6, 6.07) is 6.79. The minimum absolute atomic E-state index is 0.0485. The van der Waals surface area contributed by atoms with Crippen molar-refractivity contribution in [1.29, 1.82) is 0 Å². The predicted molar refractivity (Wildman–Crippen MR) is 81.1 cm³/mol. The van der Waals surface area contributed by atoms with Crippen LogP contribution in [0.1, 0.15) is 26.2 Å². The highest BCUT2D eigenvalue weighted by Gasteiger charge is 2.32. The summed E-state index contributed by atoms with van der Waals surface area (Å²) in [6.07, 6.45) is 2.49. The fourth-order valence-electron chi connectivity index (χ4n) is 2.89. The lowest BCUT2D eigenvalue weighted by molar-refractivity contribution is -0.142. The smallest absolute Gasteiger partial charge is 0.306 e. The van der Waals surface area contributed by atoms with Crippen molar-refractivity contribution in [2.45, 2.75) is 31.1 Å². The van der Waals surface area contributed by atoms with E-state index in [1.165, 1.54) is 0 Å². The minimum atomic E-state index is -3.28. The lowest BCUT2D eigenvalue weighted by Gasteiger charge is -2.18. The van der Waals surface area contributed by atoms with E-state index >= 15 is 0 Å². The van der Waals surface area contributed by atoms with Crippen LogP contribution in [0.2, 0.25) is 0 Å². The van der Waals surface area contributed by atoms with Gasteiger partial charge in [-0.3, -0.25) is 4.79 Å². The molecule has 116 valence electrons. The third kappa shape index (κ3) is 3.56. The molecule has 2 N–H and O–H groups in total. The number of carboxylic acid groups (broad SMARTS) is 1. The normalized spacial score (nSPS) is 22.1. The number of carbonyl (C=O) groups is 1. The summed E-state index contributed by atoms with van der Waals surface area (Å²) < 4.78 is 24.1. The maximum Gasteiger partial charge on any atom is 0.306 e. The summed E-state index contributed by atoms with van der Waals surface area (Å²) >= 11 is 0. The van der Waals surface area contributed by atoms with Gasteiger partial charge >= 0.3 is 5.97 Å². The SMILES string of the molecule is CCS(=O)(=O)c1ccccc1NCC1CCCC1C(=O)O.